The normalized spacial score (nSPS) is 14.3. The molecule has 216 valence electrons. The molecule has 0 amide bonds. The summed E-state index contributed by atoms with van der Waals surface area (Å²) in [5.41, 5.74) is 4.21. The summed E-state index contributed by atoms with van der Waals surface area (Å²) in [5, 5.41) is 11.3. The monoisotopic (exact) mass is 566 g/mol. The molecule has 2 N–H and O–H groups in total. The van der Waals surface area contributed by atoms with Crippen molar-refractivity contribution in [3.8, 4) is 5.75 Å². The third-order valence-corrected chi connectivity index (χ3v) is 6.61. The molecule has 0 saturated heterocycles. The largest absolute Gasteiger partial charge is 0.487 e. The van der Waals surface area contributed by atoms with Crippen molar-refractivity contribution >= 4 is 41.1 Å². The zero-order chi connectivity index (χ0) is 29.8. The summed E-state index contributed by atoms with van der Waals surface area (Å²) in [6.07, 6.45) is 5.10. The molecule has 3 aromatic rings. The first-order chi connectivity index (χ1) is 19.5. The van der Waals surface area contributed by atoms with E-state index >= 15 is 0 Å². The van der Waals surface area contributed by atoms with Crippen LogP contribution in [-0.4, -0.2) is 41.1 Å². The Labute approximate surface area is 243 Å². The Morgan fingerprint density at radius 1 is 1.02 bits per heavy atom. The van der Waals surface area contributed by atoms with Gasteiger partial charge in [0.05, 0.1) is 6.04 Å². The predicted octanol–water partition coefficient (Wildman–Crippen LogP) is 8.84. The minimum absolute atomic E-state index is 0.205. The van der Waals surface area contributed by atoms with E-state index in [1.165, 1.54) is 11.6 Å². The lowest BCUT2D eigenvalue weighted by molar-refractivity contribution is -0.122. The van der Waals surface area contributed by atoms with Gasteiger partial charge in [-0.25, -0.2) is 4.39 Å². The summed E-state index contributed by atoms with van der Waals surface area (Å²) in [5.74, 6) is 1.58. The van der Waals surface area contributed by atoms with Gasteiger partial charge in [0, 0.05) is 17.5 Å². The van der Waals surface area contributed by atoms with Gasteiger partial charge in [0.1, 0.15) is 23.2 Å². The van der Waals surface area contributed by atoms with Gasteiger partial charge in [-0.15, -0.1) is 11.8 Å². The summed E-state index contributed by atoms with van der Waals surface area (Å²) in [6, 6.07) is 23.7. The van der Waals surface area contributed by atoms with Crippen molar-refractivity contribution in [1.29, 1.82) is 0 Å². The summed E-state index contributed by atoms with van der Waals surface area (Å²) in [4.78, 5) is 13.2. The lowest BCUT2D eigenvalue weighted by atomic mass is 10.1. The smallest absolute Gasteiger partial charge is 0.290 e. The number of thioether (sulfide) groups is 1. The molecule has 0 fully saturated rings. The molecule has 0 aliphatic carbocycles. The lowest BCUT2D eigenvalue weighted by Crippen LogP contribution is -2.22. The van der Waals surface area contributed by atoms with Crippen LogP contribution in [0.5, 0.6) is 5.75 Å². The van der Waals surface area contributed by atoms with Crippen LogP contribution >= 0.6 is 11.8 Å². The van der Waals surface area contributed by atoms with Gasteiger partial charge < -0.3 is 15.2 Å². The number of ether oxygens (including phenoxy) is 1. The number of aryl methyl sites for hydroxylation is 1. The number of nitrogens with zero attached hydrogens (tertiary/aromatic N) is 1. The van der Waals surface area contributed by atoms with Crippen molar-refractivity contribution in [3.05, 3.63) is 95.3 Å². The topological polar surface area (TPSA) is 70.9 Å². The molecule has 0 saturated carbocycles. The third-order valence-electron chi connectivity index (χ3n) is 5.51. The number of nitrogens with one attached hydrogen (secondary N) is 1. The number of benzene rings is 3. The highest BCUT2D eigenvalue weighted by Crippen LogP contribution is 2.25. The van der Waals surface area contributed by atoms with Crippen molar-refractivity contribution < 1.29 is 19.0 Å². The standard InChI is InChI=1S/C28H29FN2OS.2C2H6.CH2O2/c1-20-8-13-24(29)17-27(20)30-21(2)16-25-19-33-28(31-25)18-32-26-14-11-23(12-15-26)10-9-22-6-4-3-5-7-22;2*1-2;2-1-3/h3-15,17,21,25,30H,16,18-19H2,1-2H3;2*1-2H3;1H,(H,2,3)/b10-9+;;;. The second-order valence-corrected chi connectivity index (χ2v) is 9.53. The number of anilines is 1. The number of rotatable bonds is 9. The van der Waals surface area contributed by atoms with Gasteiger partial charge in [0.15, 0.2) is 0 Å². The van der Waals surface area contributed by atoms with Crippen molar-refractivity contribution in [2.75, 3.05) is 17.7 Å². The first-order valence-electron chi connectivity index (χ1n) is 13.7. The van der Waals surface area contributed by atoms with E-state index in [0.29, 0.717) is 6.61 Å². The highest BCUT2D eigenvalue weighted by molar-refractivity contribution is 8.14. The maximum absolute atomic E-state index is 13.5. The summed E-state index contributed by atoms with van der Waals surface area (Å²) in [6.45, 7) is 12.3. The summed E-state index contributed by atoms with van der Waals surface area (Å²) >= 11 is 1.76. The third kappa shape index (κ3) is 13.0. The predicted molar refractivity (Wildman–Crippen MR) is 171 cm³/mol. The van der Waals surface area contributed by atoms with Crippen LogP contribution in [0.2, 0.25) is 0 Å². The number of hydrogen-bond donors (Lipinski definition) is 2. The van der Waals surface area contributed by atoms with Gasteiger partial charge in [-0.05, 0) is 61.2 Å². The Morgan fingerprint density at radius 3 is 2.25 bits per heavy atom. The van der Waals surface area contributed by atoms with E-state index in [9.17, 15) is 4.39 Å². The molecule has 0 bridgehead atoms. The molecule has 1 heterocycles. The maximum atomic E-state index is 13.5. The highest BCUT2D eigenvalue weighted by Gasteiger charge is 2.21. The van der Waals surface area contributed by atoms with E-state index in [0.717, 1.165) is 39.8 Å². The van der Waals surface area contributed by atoms with Crippen LogP contribution in [0.3, 0.4) is 0 Å². The van der Waals surface area contributed by atoms with Crippen molar-refractivity contribution in [1.82, 2.24) is 0 Å². The van der Waals surface area contributed by atoms with Gasteiger partial charge >= 0.3 is 0 Å². The van der Waals surface area contributed by atoms with Crippen molar-refractivity contribution in [3.63, 3.8) is 0 Å². The van der Waals surface area contributed by atoms with Crippen LogP contribution in [-0.2, 0) is 4.79 Å². The summed E-state index contributed by atoms with van der Waals surface area (Å²) in [7, 11) is 0. The molecule has 0 aromatic heterocycles. The number of carbonyl (C=O) groups is 1. The van der Waals surface area contributed by atoms with Crippen LogP contribution in [0.15, 0.2) is 77.8 Å². The van der Waals surface area contributed by atoms with E-state index in [4.69, 9.17) is 19.6 Å². The molecule has 0 radical (unpaired) electrons. The molecule has 7 heteroatoms. The van der Waals surface area contributed by atoms with Crippen molar-refractivity contribution in [2.24, 2.45) is 4.99 Å². The van der Waals surface area contributed by atoms with Gasteiger partial charge in [0.25, 0.3) is 6.47 Å². The molecule has 1 aliphatic rings. The number of halogens is 1. The highest BCUT2D eigenvalue weighted by atomic mass is 32.2. The molecule has 2 unspecified atom stereocenters. The molecular weight excluding hydrogens is 523 g/mol. The SMILES string of the molecule is CC.CC.Cc1ccc(F)cc1NC(C)CC1CSC(COc2ccc(/C=C/c3ccccc3)cc2)=N1.O=CO. The van der Waals surface area contributed by atoms with Crippen LogP contribution < -0.4 is 10.1 Å². The first-order valence-corrected chi connectivity index (χ1v) is 14.7. The minimum Gasteiger partial charge on any atom is -0.487 e. The van der Waals surface area contributed by atoms with Crippen LogP contribution in [0.1, 0.15) is 57.7 Å². The Balaban J connectivity index is 0.00000105. The van der Waals surface area contributed by atoms with Gasteiger partial charge in [0.2, 0.25) is 0 Å². The maximum Gasteiger partial charge on any atom is 0.290 e. The Hall–Kier alpha value is -3.58. The fourth-order valence-corrected chi connectivity index (χ4v) is 4.69. The minimum atomic E-state index is -0.250. The van der Waals surface area contributed by atoms with Crippen LogP contribution in [0, 0.1) is 12.7 Å². The fourth-order valence-electron chi connectivity index (χ4n) is 3.73. The quantitative estimate of drug-likeness (QED) is 0.200. The Morgan fingerprint density at radius 2 is 1.62 bits per heavy atom. The van der Waals surface area contributed by atoms with E-state index in [1.807, 2.05) is 65.0 Å². The zero-order valence-electron chi connectivity index (χ0n) is 24.4. The fraction of sp³-hybridized carbons (Fsp3) is 0.333. The van der Waals surface area contributed by atoms with E-state index in [1.54, 1.807) is 23.9 Å². The molecule has 2 atom stereocenters. The molecule has 5 nitrogen and oxygen atoms in total. The first kappa shape index (κ1) is 34.4. The molecule has 3 aromatic carbocycles. The van der Waals surface area contributed by atoms with Gasteiger partial charge in [-0.1, -0.05) is 88.4 Å². The van der Waals surface area contributed by atoms with Crippen LogP contribution in [0.4, 0.5) is 10.1 Å². The van der Waals surface area contributed by atoms with E-state index in [-0.39, 0.29) is 24.4 Å². The molecule has 0 spiro atoms. The molecule has 4 rings (SSSR count). The second kappa shape index (κ2) is 20.3. The van der Waals surface area contributed by atoms with Crippen molar-refractivity contribution in [2.45, 2.75) is 60.0 Å². The number of aliphatic imine (C=N–C) groups is 1. The molecular formula is C33H43FN2O3S. The van der Waals surface area contributed by atoms with Gasteiger partial charge in [-0.3, -0.25) is 9.79 Å². The zero-order valence-corrected chi connectivity index (χ0v) is 25.2. The lowest BCUT2D eigenvalue weighted by Gasteiger charge is -2.19. The van der Waals surface area contributed by atoms with E-state index < -0.39 is 0 Å². The number of hydrogen-bond acceptors (Lipinski definition) is 5. The Kier molecular flexibility index (Phi) is 17.5. The number of carboxylic acid groups (broad SMARTS) is 1. The average molecular weight is 567 g/mol. The molecule has 1 aliphatic heterocycles. The van der Waals surface area contributed by atoms with Crippen LogP contribution in [0.25, 0.3) is 12.2 Å². The molecule has 40 heavy (non-hydrogen) atoms. The van der Waals surface area contributed by atoms with E-state index in [2.05, 4.69) is 48.7 Å². The average Bonchev–Trinajstić information content (AvgIpc) is 3.43. The van der Waals surface area contributed by atoms with Gasteiger partial charge in [-0.2, -0.15) is 0 Å². The Bertz CT molecular complexity index is 1170. The summed E-state index contributed by atoms with van der Waals surface area (Å²) < 4.78 is 19.5. The second-order valence-electron chi connectivity index (χ2n) is 8.44.